The van der Waals surface area contributed by atoms with Gasteiger partial charge in [0.2, 0.25) is 5.82 Å². The Hall–Kier alpha value is -2.26. The molecule has 19 heavy (non-hydrogen) atoms. The Morgan fingerprint density at radius 3 is 2.32 bits per heavy atom. The van der Waals surface area contributed by atoms with Crippen molar-refractivity contribution in [2.24, 2.45) is 0 Å². The van der Waals surface area contributed by atoms with E-state index in [2.05, 4.69) is 10.2 Å². The van der Waals surface area contributed by atoms with Gasteiger partial charge in [0, 0.05) is 6.20 Å². The number of carbonyl (C=O) groups is 1. The second-order valence-electron chi connectivity index (χ2n) is 3.55. The van der Waals surface area contributed by atoms with Crippen molar-refractivity contribution >= 4 is 11.6 Å². The summed E-state index contributed by atoms with van der Waals surface area (Å²) in [7, 11) is 0. The van der Waals surface area contributed by atoms with Crippen LogP contribution in [0.5, 0.6) is 0 Å². The summed E-state index contributed by atoms with van der Waals surface area (Å²) in [4.78, 5) is 10.7. The average molecular weight is 281 g/mol. The summed E-state index contributed by atoms with van der Waals surface area (Å²) in [6, 6.07) is 1.99. The van der Waals surface area contributed by atoms with Gasteiger partial charge in [0.15, 0.2) is 5.65 Å². The Labute approximate surface area is 101 Å². The highest BCUT2D eigenvalue weighted by Crippen LogP contribution is 2.42. The molecular formula is C9H4F5N3O2. The maximum atomic E-state index is 13.2. The quantitative estimate of drug-likeness (QED) is 0.856. The van der Waals surface area contributed by atoms with Crippen molar-refractivity contribution in [3.8, 4) is 0 Å². The Kier molecular flexibility index (Phi) is 2.68. The van der Waals surface area contributed by atoms with Crippen LogP contribution in [0.1, 0.15) is 16.2 Å². The van der Waals surface area contributed by atoms with E-state index in [1.807, 2.05) is 0 Å². The highest BCUT2D eigenvalue weighted by molar-refractivity contribution is 5.87. The molecule has 2 heterocycles. The molecule has 0 radical (unpaired) electrons. The van der Waals surface area contributed by atoms with E-state index >= 15 is 0 Å². The molecule has 2 aromatic heterocycles. The number of fused-ring (bicyclic) bond motifs is 1. The monoisotopic (exact) mass is 281 g/mol. The van der Waals surface area contributed by atoms with E-state index in [0.29, 0.717) is 10.6 Å². The standard InChI is InChI=1S/C9H4F5N3O2/c10-8(11,9(12,13)14)7-16-15-5-2-1-4(6(18)19)3-17(5)7/h1-3H,(H,18,19). The first-order valence-electron chi connectivity index (χ1n) is 4.67. The largest absolute Gasteiger partial charge is 0.478 e. The van der Waals surface area contributed by atoms with E-state index in [-0.39, 0.29) is 5.65 Å². The molecule has 10 heteroatoms. The number of hydrogen-bond acceptors (Lipinski definition) is 3. The maximum absolute atomic E-state index is 13.2. The summed E-state index contributed by atoms with van der Waals surface area (Å²) in [6.07, 6.45) is -5.25. The maximum Gasteiger partial charge on any atom is 0.461 e. The third kappa shape index (κ3) is 1.98. The van der Waals surface area contributed by atoms with Crippen molar-refractivity contribution in [2.75, 3.05) is 0 Å². The Morgan fingerprint density at radius 2 is 1.79 bits per heavy atom. The van der Waals surface area contributed by atoms with Crippen molar-refractivity contribution in [1.29, 1.82) is 0 Å². The van der Waals surface area contributed by atoms with Gasteiger partial charge in [0.1, 0.15) is 0 Å². The number of aromatic nitrogens is 3. The van der Waals surface area contributed by atoms with Gasteiger partial charge in [-0.15, -0.1) is 10.2 Å². The molecule has 0 aromatic carbocycles. The van der Waals surface area contributed by atoms with Gasteiger partial charge in [0.05, 0.1) is 5.56 Å². The van der Waals surface area contributed by atoms with Gasteiger partial charge in [-0.05, 0) is 12.1 Å². The number of aromatic carboxylic acids is 1. The third-order valence-electron chi connectivity index (χ3n) is 2.29. The number of alkyl halides is 5. The van der Waals surface area contributed by atoms with E-state index in [4.69, 9.17) is 5.11 Å². The van der Waals surface area contributed by atoms with Crippen LogP contribution in [0.4, 0.5) is 22.0 Å². The lowest BCUT2D eigenvalue weighted by molar-refractivity contribution is -0.292. The number of rotatable bonds is 2. The second-order valence-corrected chi connectivity index (χ2v) is 3.55. The molecule has 0 saturated heterocycles. The summed E-state index contributed by atoms with van der Waals surface area (Å²) in [6.45, 7) is 0. The van der Waals surface area contributed by atoms with Gasteiger partial charge in [-0.25, -0.2) is 4.79 Å². The van der Waals surface area contributed by atoms with Crippen molar-refractivity contribution in [1.82, 2.24) is 14.6 Å². The minimum Gasteiger partial charge on any atom is -0.478 e. The molecule has 1 N–H and O–H groups in total. The van der Waals surface area contributed by atoms with Crippen molar-refractivity contribution in [3.05, 3.63) is 29.7 Å². The third-order valence-corrected chi connectivity index (χ3v) is 2.29. The molecule has 102 valence electrons. The molecule has 2 rings (SSSR count). The minimum absolute atomic E-state index is 0.303. The zero-order chi connectivity index (χ0) is 14.4. The topological polar surface area (TPSA) is 67.5 Å². The summed E-state index contributed by atoms with van der Waals surface area (Å²) < 4.78 is 63.3. The van der Waals surface area contributed by atoms with Gasteiger partial charge in [-0.3, -0.25) is 4.40 Å². The molecule has 0 atom stereocenters. The van der Waals surface area contributed by atoms with Crippen LogP contribution in [0.15, 0.2) is 18.3 Å². The van der Waals surface area contributed by atoms with Gasteiger partial charge in [-0.1, -0.05) is 0 Å². The molecular weight excluding hydrogens is 277 g/mol. The van der Waals surface area contributed by atoms with Crippen LogP contribution in [0, 0.1) is 0 Å². The van der Waals surface area contributed by atoms with E-state index in [1.54, 1.807) is 0 Å². The SMILES string of the molecule is O=C(O)c1ccc2nnc(C(F)(F)C(F)(F)F)n2c1. The number of hydrogen-bond donors (Lipinski definition) is 1. The Bertz CT molecular complexity index is 649. The highest BCUT2D eigenvalue weighted by Gasteiger charge is 2.61. The predicted octanol–water partition coefficient (Wildman–Crippen LogP) is 2.08. The number of halogens is 5. The Morgan fingerprint density at radius 1 is 1.16 bits per heavy atom. The average Bonchev–Trinajstić information content (AvgIpc) is 2.70. The molecule has 0 unspecified atom stereocenters. The summed E-state index contributed by atoms with van der Waals surface area (Å²) in [5.74, 6) is -8.39. The molecule has 0 amide bonds. The van der Waals surface area contributed by atoms with E-state index in [9.17, 15) is 26.7 Å². The van der Waals surface area contributed by atoms with Crippen LogP contribution in [-0.2, 0) is 5.92 Å². The lowest BCUT2D eigenvalue weighted by Crippen LogP contribution is -2.35. The number of carboxylic acids is 1. The van der Waals surface area contributed by atoms with Crippen molar-refractivity contribution < 1.29 is 31.9 Å². The number of carboxylic acid groups (broad SMARTS) is 1. The van der Waals surface area contributed by atoms with Crippen molar-refractivity contribution in [3.63, 3.8) is 0 Å². The van der Waals surface area contributed by atoms with Crippen LogP contribution < -0.4 is 0 Å². The van der Waals surface area contributed by atoms with Crippen molar-refractivity contribution in [2.45, 2.75) is 12.1 Å². The molecule has 0 bridgehead atoms. The van der Waals surface area contributed by atoms with Crippen LogP contribution in [-0.4, -0.2) is 31.9 Å². The molecule has 5 nitrogen and oxygen atoms in total. The summed E-state index contributed by atoms with van der Waals surface area (Å²) in [5.41, 5.74) is -0.782. The van der Waals surface area contributed by atoms with E-state index in [1.165, 1.54) is 0 Å². The zero-order valence-corrected chi connectivity index (χ0v) is 8.82. The van der Waals surface area contributed by atoms with Gasteiger partial charge in [-0.2, -0.15) is 22.0 Å². The fourth-order valence-corrected chi connectivity index (χ4v) is 1.36. The van der Waals surface area contributed by atoms with Gasteiger partial charge < -0.3 is 5.11 Å². The number of nitrogens with zero attached hydrogens (tertiary/aromatic N) is 3. The molecule has 0 aliphatic carbocycles. The minimum atomic E-state index is -5.85. The lowest BCUT2D eigenvalue weighted by Gasteiger charge is -2.17. The Balaban J connectivity index is 2.68. The normalized spacial score (nSPS) is 12.9. The van der Waals surface area contributed by atoms with Crippen LogP contribution in [0.3, 0.4) is 0 Å². The smallest absolute Gasteiger partial charge is 0.461 e. The van der Waals surface area contributed by atoms with Gasteiger partial charge >= 0.3 is 18.1 Å². The molecule has 0 spiro atoms. The summed E-state index contributed by atoms with van der Waals surface area (Å²) >= 11 is 0. The van der Waals surface area contributed by atoms with Crippen LogP contribution in [0.25, 0.3) is 5.65 Å². The van der Waals surface area contributed by atoms with Crippen LogP contribution in [0.2, 0.25) is 0 Å². The predicted molar refractivity (Wildman–Crippen MR) is 49.9 cm³/mol. The first-order valence-corrected chi connectivity index (χ1v) is 4.67. The van der Waals surface area contributed by atoms with Gasteiger partial charge in [0.25, 0.3) is 0 Å². The number of pyridine rings is 1. The fraction of sp³-hybridized carbons (Fsp3) is 0.222. The first kappa shape index (κ1) is 13.2. The molecule has 2 aromatic rings. The molecule has 0 saturated carbocycles. The summed E-state index contributed by atoms with van der Waals surface area (Å²) in [5, 5.41) is 14.6. The second kappa shape index (κ2) is 3.87. The highest BCUT2D eigenvalue weighted by atomic mass is 19.4. The molecule has 0 fully saturated rings. The van der Waals surface area contributed by atoms with E-state index < -0.39 is 29.5 Å². The molecule has 0 aliphatic heterocycles. The van der Waals surface area contributed by atoms with E-state index in [0.717, 1.165) is 12.1 Å². The first-order chi connectivity index (χ1) is 8.64. The fourth-order valence-electron chi connectivity index (χ4n) is 1.36. The molecule has 0 aliphatic rings. The lowest BCUT2D eigenvalue weighted by atomic mass is 10.2. The van der Waals surface area contributed by atoms with Crippen LogP contribution >= 0.6 is 0 Å². The zero-order valence-electron chi connectivity index (χ0n) is 8.82.